The summed E-state index contributed by atoms with van der Waals surface area (Å²) in [6.07, 6.45) is 0.590. The third kappa shape index (κ3) is 5.54. The Morgan fingerprint density at radius 2 is 1.52 bits per heavy atom. The summed E-state index contributed by atoms with van der Waals surface area (Å²) in [5.74, 6) is 0.498. The van der Waals surface area contributed by atoms with Crippen molar-refractivity contribution in [2.75, 3.05) is 41.6 Å². The lowest BCUT2D eigenvalue weighted by molar-refractivity contribution is -0.124. The first-order chi connectivity index (χ1) is 14.0. The number of esters is 1. The molecule has 0 aliphatic carbocycles. The van der Waals surface area contributed by atoms with Crippen LogP contribution in [0.4, 0.5) is 0 Å². The highest BCUT2D eigenvalue weighted by Crippen LogP contribution is 2.39. The van der Waals surface area contributed by atoms with Crippen molar-refractivity contribution in [2.45, 2.75) is 6.42 Å². The molecule has 1 N–H and O–H groups in total. The van der Waals surface area contributed by atoms with Crippen LogP contribution in [-0.2, 0) is 16.0 Å². The van der Waals surface area contributed by atoms with Crippen molar-refractivity contribution in [1.82, 2.24) is 5.32 Å². The zero-order valence-corrected chi connectivity index (χ0v) is 16.9. The van der Waals surface area contributed by atoms with Crippen molar-refractivity contribution >= 4 is 11.9 Å². The predicted molar refractivity (Wildman–Crippen MR) is 106 cm³/mol. The van der Waals surface area contributed by atoms with E-state index in [-0.39, 0.29) is 17.1 Å². The number of methoxy groups -OCH3 is 4. The molecule has 0 saturated heterocycles. The van der Waals surface area contributed by atoms with Gasteiger partial charge in [-0.25, -0.2) is 4.79 Å². The van der Waals surface area contributed by atoms with E-state index in [1.807, 2.05) is 24.3 Å². The van der Waals surface area contributed by atoms with Crippen LogP contribution in [0.2, 0.25) is 0 Å². The van der Waals surface area contributed by atoms with Gasteiger partial charge in [0.2, 0.25) is 5.75 Å². The summed E-state index contributed by atoms with van der Waals surface area (Å²) in [6.45, 7) is -0.0291. The van der Waals surface area contributed by atoms with Crippen molar-refractivity contribution in [2.24, 2.45) is 0 Å². The number of amides is 1. The van der Waals surface area contributed by atoms with Crippen LogP contribution in [0.25, 0.3) is 0 Å². The number of benzene rings is 2. The fraction of sp³-hybridized carbons (Fsp3) is 0.333. The zero-order valence-electron chi connectivity index (χ0n) is 16.9. The van der Waals surface area contributed by atoms with E-state index >= 15 is 0 Å². The van der Waals surface area contributed by atoms with Gasteiger partial charge in [0.25, 0.3) is 5.91 Å². The van der Waals surface area contributed by atoms with Gasteiger partial charge in [0.15, 0.2) is 18.1 Å². The van der Waals surface area contributed by atoms with Gasteiger partial charge in [0.05, 0.1) is 28.4 Å². The van der Waals surface area contributed by atoms with E-state index in [9.17, 15) is 9.59 Å². The summed E-state index contributed by atoms with van der Waals surface area (Å²) >= 11 is 0. The number of para-hydroxylation sites is 1. The maximum atomic E-state index is 12.4. The van der Waals surface area contributed by atoms with Crippen LogP contribution >= 0.6 is 0 Å². The molecule has 0 spiro atoms. The Morgan fingerprint density at radius 3 is 2.17 bits per heavy atom. The van der Waals surface area contributed by atoms with Crippen LogP contribution in [0, 0.1) is 0 Å². The second-order valence-electron chi connectivity index (χ2n) is 5.87. The SMILES string of the molecule is COc1ccccc1CCNC(=O)COC(=O)c1ccc(OC)c(OC)c1OC. The summed E-state index contributed by atoms with van der Waals surface area (Å²) in [6, 6.07) is 10.6. The molecule has 0 aliphatic heterocycles. The molecule has 0 aromatic heterocycles. The minimum Gasteiger partial charge on any atom is -0.496 e. The Balaban J connectivity index is 1.91. The van der Waals surface area contributed by atoms with Crippen molar-refractivity contribution in [3.63, 3.8) is 0 Å². The molecule has 0 radical (unpaired) electrons. The van der Waals surface area contributed by atoms with Gasteiger partial charge in [-0.05, 0) is 30.2 Å². The number of nitrogens with one attached hydrogen (secondary N) is 1. The molecule has 0 unspecified atom stereocenters. The third-order valence-corrected chi connectivity index (χ3v) is 4.17. The van der Waals surface area contributed by atoms with E-state index in [0.29, 0.717) is 18.7 Å². The molecule has 0 bridgehead atoms. The van der Waals surface area contributed by atoms with E-state index in [1.165, 1.54) is 27.4 Å². The molecule has 2 aromatic carbocycles. The smallest absolute Gasteiger partial charge is 0.342 e. The van der Waals surface area contributed by atoms with Gasteiger partial charge in [-0.2, -0.15) is 0 Å². The Bertz CT molecular complexity index is 851. The van der Waals surface area contributed by atoms with Crippen molar-refractivity contribution in [3.8, 4) is 23.0 Å². The lowest BCUT2D eigenvalue weighted by Gasteiger charge is -2.15. The zero-order chi connectivity index (χ0) is 21.2. The first-order valence-electron chi connectivity index (χ1n) is 8.90. The van der Waals surface area contributed by atoms with Crippen LogP contribution in [0.5, 0.6) is 23.0 Å². The van der Waals surface area contributed by atoms with Crippen LogP contribution in [0.1, 0.15) is 15.9 Å². The van der Waals surface area contributed by atoms with Gasteiger partial charge in [-0.1, -0.05) is 18.2 Å². The van der Waals surface area contributed by atoms with E-state index in [1.54, 1.807) is 13.2 Å². The summed E-state index contributed by atoms with van der Waals surface area (Å²) in [5, 5.41) is 2.71. The van der Waals surface area contributed by atoms with Gasteiger partial charge in [0, 0.05) is 6.54 Å². The van der Waals surface area contributed by atoms with Crippen LogP contribution in [0.15, 0.2) is 36.4 Å². The fourth-order valence-corrected chi connectivity index (χ4v) is 2.77. The second-order valence-corrected chi connectivity index (χ2v) is 5.87. The molecule has 0 atom stereocenters. The third-order valence-electron chi connectivity index (χ3n) is 4.17. The summed E-state index contributed by atoms with van der Waals surface area (Å²) in [4.78, 5) is 24.4. The molecular formula is C21H25NO7. The topological polar surface area (TPSA) is 92.3 Å². The van der Waals surface area contributed by atoms with Gasteiger partial charge in [-0.3, -0.25) is 4.79 Å². The highest BCUT2D eigenvalue weighted by atomic mass is 16.5. The standard InChI is InChI=1S/C21H25NO7/c1-25-16-8-6-5-7-14(16)11-12-22-18(23)13-29-21(24)15-9-10-17(26-2)20(28-4)19(15)27-3/h5-10H,11-13H2,1-4H3,(H,22,23). The number of carbonyl (C=O) groups is 2. The van der Waals surface area contributed by atoms with E-state index < -0.39 is 18.5 Å². The summed E-state index contributed by atoms with van der Waals surface area (Å²) < 4.78 is 26.1. The monoisotopic (exact) mass is 403 g/mol. The van der Waals surface area contributed by atoms with E-state index in [2.05, 4.69) is 5.32 Å². The fourth-order valence-electron chi connectivity index (χ4n) is 2.77. The number of hydrogen-bond donors (Lipinski definition) is 1. The molecule has 0 saturated carbocycles. The highest BCUT2D eigenvalue weighted by molar-refractivity contribution is 5.95. The molecule has 29 heavy (non-hydrogen) atoms. The molecule has 0 heterocycles. The van der Waals surface area contributed by atoms with Crippen LogP contribution in [0.3, 0.4) is 0 Å². The normalized spacial score (nSPS) is 10.1. The molecule has 156 valence electrons. The minimum atomic E-state index is -0.706. The Kier molecular flexibility index (Phi) is 8.14. The number of carbonyl (C=O) groups excluding carboxylic acids is 2. The lowest BCUT2D eigenvalue weighted by atomic mass is 10.1. The predicted octanol–water partition coefficient (Wildman–Crippen LogP) is 2.24. The van der Waals surface area contributed by atoms with Crippen molar-refractivity contribution in [3.05, 3.63) is 47.5 Å². The molecule has 1 amide bonds. The maximum absolute atomic E-state index is 12.4. The number of ether oxygens (including phenoxy) is 5. The van der Waals surface area contributed by atoms with Gasteiger partial charge >= 0.3 is 5.97 Å². The van der Waals surface area contributed by atoms with E-state index in [4.69, 9.17) is 23.7 Å². The first-order valence-corrected chi connectivity index (χ1v) is 8.90. The quantitative estimate of drug-likeness (QED) is 0.608. The molecule has 0 fully saturated rings. The van der Waals surface area contributed by atoms with Gasteiger partial charge in [0.1, 0.15) is 11.3 Å². The molecule has 8 heteroatoms. The number of rotatable bonds is 10. The van der Waals surface area contributed by atoms with Gasteiger partial charge in [-0.15, -0.1) is 0 Å². The Labute approximate surface area is 169 Å². The van der Waals surface area contributed by atoms with Crippen molar-refractivity contribution < 1.29 is 33.3 Å². The Morgan fingerprint density at radius 1 is 0.828 bits per heavy atom. The summed E-state index contributed by atoms with van der Waals surface area (Å²) in [5.41, 5.74) is 1.11. The van der Waals surface area contributed by atoms with Crippen LogP contribution in [-0.4, -0.2) is 53.5 Å². The number of hydrogen-bond acceptors (Lipinski definition) is 7. The minimum absolute atomic E-state index is 0.131. The molecule has 2 aromatic rings. The highest BCUT2D eigenvalue weighted by Gasteiger charge is 2.22. The second kappa shape index (κ2) is 10.8. The maximum Gasteiger partial charge on any atom is 0.342 e. The van der Waals surface area contributed by atoms with Crippen LogP contribution < -0.4 is 24.3 Å². The molecule has 8 nitrogen and oxygen atoms in total. The largest absolute Gasteiger partial charge is 0.496 e. The van der Waals surface area contributed by atoms with Gasteiger partial charge < -0.3 is 29.0 Å². The van der Waals surface area contributed by atoms with Crippen molar-refractivity contribution in [1.29, 1.82) is 0 Å². The molecular weight excluding hydrogens is 378 g/mol. The molecule has 0 aliphatic rings. The lowest BCUT2D eigenvalue weighted by Crippen LogP contribution is -2.30. The van der Waals surface area contributed by atoms with E-state index in [0.717, 1.165) is 11.3 Å². The Hall–Kier alpha value is -3.42. The average molecular weight is 403 g/mol. The molecule has 2 rings (SSSR count). The average Bonchev–Trinajstić information content (AvgIpc) is 2.76. The summed E-state index contributed by atoms with van der Waals surface area (Å²) in [7, 11) is 5.91. The first kappa shape index (κ1) is 21.9.